The number of hydrogen-bond donors (Lipinski definition) is 1. The highest BCUT2D eigenvalue weighted by atomic mass is 32.2. The predicted octanol–water partition coefficient (Wildman–Crippen LogP) is 0.349. The molecule has 19 heavy (non-hydrogen) atoms. The summed E-state index contributed by atoms with van der Waals surface area (Å²) in [5.41, 5.74) is 0. The number of rotatable bonds is 4. The lowest BCUT2D eigenvalue weighted by Crippen LogP contribution is -2.42. The first-order valence-corrected chi connectivity index (χ1v) is 8.04. The molecule has 1 fully saturated rings. The van der Waals surface area contributed by atoms with E-state index in [2.05, 4.69) is 10.3 Å². The van der Waals surface area contributed by atoms with Crippen LogP contribution < -0.4 is 5.32 Å². The molecule has 0 aromatic carbocycles. The van der Waals surface area contributed by atoms with Crippen molar-refractivity contribution in [2.45, 2.75) is 24.8 Å². The Bertz CT molecular complexity index is 516. The lowest BCUT2D eigenvalue weighted by Gasteiger charge is -2.31. The molecule has 108 valence electrons. The van der Waals surface area contributed by atoms with E-state index in [0.717, 1.165) is 19.4 Å². The third kappa shape index (κ3) is 2.98. The summed E-state index contributed by atoms with van der Waals surface area (Å²) in [5, 5.41) is 3.29. The van der Waals surface area contributed by atoms with Crippen molar-refractivity contribution in [3.63, 3.8) is 0 Å². The van der Waals surface area contributed by atoms with E-state index in [1.54, 1.807) is 29.0 Å². The van der Waals surface area contributed by atoms with E-state index in [1.165, 1.54) is 0 Å². The van der Waals surface area contributed by atoms with E-state index < -0.39 is 10.0 Å². The third-order valence-electron chi connectivity index (χ3n) is 3.67. The van der Waals surface area contributed by atoms with Crippen molar-refractivity contribution in [1.82, 2.24) is 19.2 Å². The number of aryl methyl sites for hydroxylation is 2. The van der Waals surface area contributed by atoms with Crippen LogP contribution in [-0.2, 0) is 17.1 Å². The molecule has 2 rings (SSSR count). The molecule has 1 aliphatic heterocycles. The van der Waals surface area contributed by atoms with Gasteiger partial charge in [-0.2, -0.15) is 4.31 Å². The fourth-order valence-corrected chi connectivity index (χ4v) is 4.06. The smallest absolute Gasteiger partial charge is 0.262 e. The number of nitrogens with one attached hydrogen (secondary N) is 1. The number of nitrogens with zero attached hydrogens (tertiary/aromatic N) is 3. The van der Waals surface area contributed by atoms with Gasteiger partial charge in [0.25, 0.3) is 10.0 Å². The monoisotopic (exact) mass is 286 g/mol. The minimum Gasteiger partial charge on any atom is -0.337 e. The van der Waals surface area contributed by atoms with Gasteiger partial charge in [-0.1, -0.05) is 0 Å². The molecule has 0 bridgehead atoms. The van der Waals surface area contributed by atoms with Crippen LogP contribution in [0.15, 0.2) is 11.2 Å². The fourth-order valence-electron chi connectivity index (χ4n) is 2.48. The Balaban J connectivity index is 2.19. The second-order valence-corrected chi connectivity index (χ2v) is 7.05. The average molecular weight is 286 g/mol. The molecule has 1 aromatic heterocycles. The quantitative estimate of drug-likeness (QED) is 0.867. The molecule has 0 spiro atoms. The summed E-state index contributed by atoms with van der Waals surface area (Å²) < 4.78 is 28.4. The molecule has 1 N–H and O–H groups in total. The van der Waals surface area contributed by atoms with Crippen LogP contribution in [0.5, 0.6) is 0 Å². The van der Waals surface area contributed by atoms with Crippen LogP contribution in [0.1, 0.15) is 18.7 Å². The summed E-state index contributed by atoms with van der Waals surface area (Å²) in [4.78, 5) is 4.15. The molecule has 0 saturated carbocycles. The van der Waals surface area contributed by atoms with E-state index in [4.69, 9.17) is 0 Å². The van der Waals surface area contributed by atoms with E-state index in [9.17, 15) is 8.42 Å². The number of imidazole rings is 1. The molecular formula is C12H22N4O2S. The van der Waals surface area contributed by atoms with Crippen LogP contribution in [0.3, 0.4) is 0 Å². The van der Waals surface area contributed by atoms with Crippen LogP contribution in [0, 0.1) is 12.8 Å². The minimum absolute atomic E-state index is 0.164. The first-order chi connectivity index (χ1) is 8.95. The lowest BCUT2D eigenvalue weighted by molar-refractivity contribution is 0.263. The summed E-state index contributed by atoms with van der Waals surface area (Å²) in [7, 11) is 0.264. The molecule has 0 radical (unpaired) electrons. The topological polar surface area (TPSA) is 67.2 Å². The number of aromatic nitrogens is 2. The van der Waals surface area contributed by atoms with Gasteiger partial charge < -0.3 is 9.88 Å². The van der Waals surface area contributed by atoms with Gasteiger partial charge in [0.05, 0.1) is 0 Å². The molecule has 1 aromatic rings. The van der Waals surface area contributed by atoms with Crippen LogP contribution in [0.2, 0.25) is 0 Å². The fraction of sp³-hybridized carbons (Fsp3) is 0.750. The number of piperidine rings is 1. The van der Waals surface area contributed by atoms with Crippen molar-refractivity contribution in [3.8, 4) is 0 Å². The van der Waals surface area contributed by atoms with Crippen molar-refractivity contribution >= 4 is 10.0 Å². The summed E-state index contributed by atoms with van der Waals surface area (Å²) in [6, 6.07) is 0. The van der Waals surface area contributed by atoms with Crippen molar-refractivity contribution in [3.05, 3.63) is 12.0 Å². The zero-order chi connectivity index (χ0) is 14.0. The van der Waals surface area contributed by atoms with E-state index >= 15 is 0 Å². The highest BCUT2D eigenvalue weighted by molar-refractivity contribution is 7.89. The molecule has 1 saturated heterocycles. The van der Waals surface area contributed by atoms with Crippen molar-refractivity contribution in [2.75, 3.05) is 26.7 Å². The molecule has 1 atom stereocenters. The molecule has 2 heterocycles. The second-order valence-electron chi connectivity index (χ2n) is 5.17. The molecule has 0 amide bonds. The van der Waals surface area contributed by atoms with Crippen LogP contribution in [-0.4, -0.2) is 49.0 Å². The Morgan fingerprint density at radius 1 is 1.53 bits per heavy atom. The van der Waals surface area contributed by atoms with Crippen LogP contribution >= 0.6 is 0 Å². The molecule has 1 unspecified atom stereocenters. The summed E-state index contributed by atoms with van der Waals surface area (Å²) in [5.74, 6) is 1.10. The summed E-state index contributed by atoms with van der Waals surface area (Å²) in [6.45, 7) is 3.84. The molecule has 7 heteroatoms. The SMILES string of the molecule is CNCC1CCCN(S(=O)(=O)c2cn(C)c(C)n2)C1. The van der Waals surface area contributed by atoms with Crippen molar-refractivity contribution in [1.29, 1.82) is 0 Å². The second kappa shape index (κ2) is 5.60. The Morgan fingerprint density at radius 2 is 2.26 bits per heavy atom. The van der Waals surface area contributed by atoms with Crippen molar-refractivity contribution < 1.29 is 8.42 Å². The Hall–Kier alpha value is -0.920. The van der Waals surface area contributed by atoms with E-state index in [-0.39, 0.29) is 5.03 Å². The van der Waals surface area contributed by atoms with E-state index in [0.29, 0.717) is 24.8 Å². The summed E-state index contributed by atoms with van der Waals surface area (Å²) in [6.07, 6.45) is 3.58. The maximum absolute atomic E-state index is 12.5. The van der Waals surface area contributed by atoms with Gasteiger partial charge in [-0.15, -0.1) is 0 Å². The van der Waals surface area contributed by atoms with Crippen LogP contribution in [0.25, 0.3) is 0 Å². The van der Waals surface area contributed by atoms with Gasteiger partial charge in [0, 0.05) is 26.3 Å². The van der Waals surface area contributed by atoms with Gasteiger partial charge in [-0.05, 0) is 39.3 Å². The highest BCUT2D eigenvalue weighted by Gasteiger charge is 2.31. The largest absolute Gasteiger partial charge is 0.337 e. The normalized spacial score (nSPS) is 21.7. The first kappa shape index (κ1) is 14.5. The predicted molar refractivity (Wildman–Crippen MR) is 73.4 cm³/mol. The Labute approximate surface area is 114 Å². The standard InChI is InChI=1S/C12H22N4O2S/c1-10-14-12(9-15(10)3)19(17,18)16-6-4-5-11(8-16)7-13-2/h9,11,13H,4-8H2,1-3H3. The van der Waals surface area contributed by atoms with Gasteiger partial charge in [-0.3, -0.25) is 0 Å². The Kier molecular flexibility index (Phi) is 4.27. The van der Waals surface area contributed by atoms with Gasteiger partial charge >= 0.3 is 0 Å². The highest BCUT2D eigenvalue weighted by Crippen LogP contribution is 2.22. The molecule has 6 nitrogen and oxygen atoms in total. The number of sulfonamides is 1. The summed E-state index contributed by atoms with van der Waals surface area (Å²) >= 11 is 0. The van der Waals surface area contributed by atoms with Crippen LogP contribution in [0.4, 0.5) is 0 Å². The maximum Gasteiger partial charge on any atom is 0.262 e. The maximum atomic E-state index is 12.5. The molecule has 0 aliphatic carbocycles. The van der Waals surface area contributed by atoms with Gasteiger partial charge in [-0.25, -0.2) is 13.4 Å². The van der Waals surface area contributed by atoms with E-state index in [1.807, 2.05) is 7.05 Å². The Morgan fingerprint density at radius 3 is 2.84 bits per heavy atom. The molecular weight excluding hydrogens is 264 g/mol. The zero-order valence-corrected chi connectivity index (χ0v) is 12.6. The average Bonchev–Trinajstić information content (AvgIpc) is 2.71. The molecule has 1 aliphatic rings. The third-order valence-corrected chi connectivity index (χ3v) is 5.40. The van der Waals surface area contributed by atoms with Gasteiger partial charge in [0.1, 0.15) is 5.82 Å². The van der Waals surface area contributed by atoms with Gasteiger partial charge in [0.15, 0.2) is 5.03 Å². The first-order valence-electron chi connectivity index (χ1n) is 6.60. The zero-order valence-electron chi connectivity index (χ0n) is 11.8. The van der Waals surface area contributed by atoms with Crippen molar-refractivity contribution in [2.24, 2.45) is 13.0 Å². The van der Waals surface area contributed by atoms with Gasteiger partial charge in [0.2, 0.25) is 0 Å². The number of hydrogen-bond acceptors (Lipinski definition) is 4. The minimum atomic E-state index is -3.44. The lowest BCUT2D eigenvalue weighted by atomic mass is 10.00.